The quantitative estimate of drug-likeness (QED) is 0.130. The first-order chi connectivity index (χ1) is 16.9. The van der Waals surface area contributed by atoms with Crippen molar-refractivity contribution in [2.75, 3.05) is 19.8 Å². The fraction of sp³-hybridized carbons (Fsp3) is 0.250. The van der Waals surface area contributed by atoms with Crippen molar-refractivity contribution in [1.29, 1.82) is 0 Å². The molecule has 0 spiro atoms. The molecule has 0 aliphatic heterocycles. The van der Waals surface area contributed by atoms with Crippen LogP contribution in [0, 0.1) is 0 Å². The number of ether oxygens (including phenoxy) is 3. The van der Waals surface area contributed by atoms with E-state index in [9.17, 15) is 14.4 Å². The second-order valence-electron chi connectivity index (χ2n) is 7.58. The zero-order chi connectivity index (χ0) is 25.5. The summed E-state index contributed by atoms with van der Waals surface area (Å²) in [6.07, 6.45) is 8.00. The number of hydrogen-bond acceptors (Lipinski definition) is 7. The summed E-state index contributed by atoms with van der Waals surface area (Å²) < 4.78 is 15.7. The minimum absolute atomic E-state index is 0.0507. The number of aliphatic hydroxyl groups excluding tert-OH is 1. The Morgan fingerprint density at radius 3 is 2.11 bits per heavy atom. The third kappa shape index (κ3) is 10.2. The van der Waals surface area contributed by atoms with Crippen LogP contribution in [0.2, 0.25) is 0 Å². The van der Waals surface area contributed by atoms with Gasteiger partial charge in [-0.3, -0.25) is 4.79 Å². The summed E-state index contributed by atoms with van der Waals surface area (Å²) in [6.45, 7) is 7.28. The number of unbranched alkanes of at least 4 members (excludes halogenated alkanes) is 3. The van der Waals surface area contributed by atoms with Crippen LogP contribution >= 0.6 is 0 Å². The van der Waals surface area contributed by atoms with Crippen molar-refractivity contribution in [2.45, 2.75) is 25.7 Å². The molecule has 0 saturated carbocycles. The molecule has 2 rings (SSSR count). The zero-order valence-corrected chi connectivity index (χ0v) is 19.6. The third-order valence-corrected chi connectivity index (χ3v) is 4.85. The van der Waals surface area contributed by atoms with E-state index in [0.29, 0.717) is 18.8 Å². The first-order valence-electron chi connectivity index (χ1n) is 11.3. The molecule has 0 amide bonds. The summed E-state index contributed by atoms with van der Waals surface area (Å²) in [4.78, 5) is 34.9. The van der Waals surface area contributed by atoms with Gasteiger partial charge in [0, 0.05) is 11.6 Å². The molecule has 2 aromatic carbocycles. The van der Waals surface area contributed by atoms with Gasteiger partial charge >= 0.3 is 11.9 Å². The van der Waals surface area contributed by atoms with Crippen LogP contribution in [0.5, 0.6) is 11.5 Å². The molecule has 0 unspecified atom stereocenters. The number of carbonyl (C=O) groups is 3. The van der Waals surface area contributed by atoms with Gasteiger partial charge in [-0.05, 0) is 73.7 Å². The Morgan fingerprint density at radius 2 is 1.49 bits per heavy atom. The average Bonchev–Trinajstić information content (AvgIpc) is 2.89. The van der Waals surface area contributed by atoms with Crippen molar-refractivity contribution >= 4 is 23.8 Å². The second-order valence-corrected chi connectivity index (χ2v) is 7.58. The predicted molar refractivity (Wildman–Crippen MR) is 133 cm³/mol. The van der Waals surface area contributed by atoms with Gasteiger partial charge in [-0.25, -0.2) is 9.59 Å². The van der Waals surface area contributed by atoms with Crippen LogP contribution in [-0.2, 0) is 14.3 Å². The molecule has 0 heterocycles. The number of esters is 2. The molecule has 7 nitrogen and oxygen atoms in total. The van der Waals surface area contributed by atoms with Crippen molar-refractivity contribution in [1.82, 2.24) is 0 Å². The largest absolute Gasteiger partial charge is 0.494 e. The smallest absolute Gasteiger partial charge is 0.341 e. The normalized spacial score (nSPS) is 10.5. The Labute approximate surface area is 205 Å². The number of ketones is 1. The van der Waals surface area contributed by atoms with Crippen molar-refractivity contribution in [2.24, 2.45) is 0 Å². The van der Waals surface area contributed by atoms with Crippen LogP contribution in [0.15, 0.2) is 79.4 Å². The highest BCUT2D eigenvalue weighted by molar-refractivity contribution is 6.06. The van der Waals surface area contributed by atoms with Crippen LogP contribution in [0.4, 0.5) is 0 Å². The van der Waals surface area contributed by atoms with Gasteiger partial charge in [-0.1, -0.05) is 31.4 Å². The SMILES string of the molecule is C=CC(=O)OCCCCCCOc1ccc(/C=C/C(=O)c2ccc(OC(=O)C(=C)CO)cc2)cc1. The lowest BCUT2D eigenvalue weighted by molar-refractivity contribution is -0.137. The lowest BCUT2D eigenvalue weighted by Gasteiger charge is -2.07. The summed E-state index contributed by atoms with van der Waals surface area (Å²) in [6, 6.07) is 13.6. The maximum atomic E-state index is 12.4. The number of benzene rings is 2. The molecule has 184 valence electrons. The van der Waals surface area contributed by atoms with E-state index in [-0.39, 0.29) is 17.1 Å². The summed E-state index contributed by atoms with van der Waals surface area (Å²) in [5.74, 6) is -0.293. The Morgan fingerprint density at radius 1 is 0.857 bits per heavy atom. The molecule has 0 aromatic heterocycles. The summed E-state index contributed by atoms with van der Waals surface area (Å²) >= 11 is 0. The predicted octanol–water partition coefficient (Wildman–Crippen LogP) is 4.71. The Hall–Kier alpha value is -3.97. The Kier molecular flexibility index (Phi) is 11.7. The lowest BCUT2D eigenvalue weighted by Crippen LogP contribution is -2.12. The van der Waals surface area contributed by atoms with Gasteiger partial charge in [-0.15, -0.1) is 0 Å². The molecular weight excluding hydrogens is 448 g/mol. The van der Waals surface area contributed by atoms with Gasteiger partial charge < -0.3 is 19.3 Å². The first kappa shape index (κ1) is 27.3. The molecule has 0 aliphatic carbocycles. The van der Waals surface area contributed by atoms with Gasteiger partial charge in [0.1, 0.15) is 11.5 Å². The van der Waals surface area contributed by atoms with Gasteiger partial charge in [0.25, 0.3) is 0 Å². The maximum absolute atomic E-state index is 12.4. The van der Waals surface area contributed by atoms with Crippen molar-refractivity contribution in [3.63, 3.8) is 0 Å². The van der Waals surface area contributed by atoms with E-state index in [1.807, 2.05) is 24.3 Å². The maximum Gasteiger partial charge on any atom is 0.341 e. The summed E-state index contributed by atoms with van der Waals surface area (Å²) in [7, 11) is 0. The molecular formula is C28H30O7. The van der Waals surface area contributed by atoms with E-state index in [2.05, 4.69) is 13.2 Å². The Balaban J connectivity index is 1.72. The molecule has 0 bridgehead atoms. The zero-order valence-electron chi connectivity index (χ0n) is 19.6. The molecule has 0 saturated heterocycles. The number of allylic oxidation sites excluding steroid dienone is 1. The topological polar surface area (TPSA) is 99.1 Å². The number of hydrogen-bond donors (Lipinski definition) is 1. The average molecular weight is 479 g/mol. The molecule has 7 heteroatoms. The van der Waals surface area contributed by atoms with Gasteiger partial charge in [0.05, 0.1) is 25.4 Å². The lowest BCUT2D eigenvalue weighted by atomic mass is 10.1. The highest BCUT2D eigenvalue weighted by Crippen LogP contribution is 2.16. The van der Waals surface area contributed by atoms with Crippen LogP contribution in [0.3, 0.4) is 0 Å². The van der Waals surface area contributed by atoms with E-state index < -0.39 is 18.5 Å². The molecule has 0 fully saturated rings. The molecule has 35 heavy (non-hydrogen) atoms. The van der Waals surface area contributed by atoms with E-state index in [0.717, 1.165) is 43.1 Å². The van der Waals surface area contributed by atoms with E-state index in [1.165, 1.54) is 18.2 Å². The fourth-order valence-electron chi connectivity index (χ4n) is 2.85. The molecule has 2 aromatic rings. The molecule has 0 atom stereocenters. The standard InChI is InChI=1S/C28H30O7/c1-3-27(31)34-19-7-5-4-6-18-33-24-13-8-22(9-14-24)10-17-26(30)23-11-15-25(16-12-23)35-28(32)21(2)20-29/h3,8-17,29H,1-2,4-7,18-20H2/b17-10+. The minimum atomic E-state index is -0.720. The highest BCUT2D eigenvalue weighted by atomic mass is 16.5. The number of rotatable bonds is 15. The van der Waals surface area contributed by atoms with E-state index in [4.69, 9.17) is 19.3 Å². The van der Waals surface area contributed by atoms with Crippen LogP contribution in [0.1, 0.15) is 41.6 Å². The van der Waals surface area contributed by atoms with Crippen molar-refractivity contribution in [3.8, 4) is 11.5 Å². The fourth-order valence-corrected chi connectivity index (χ4v) is 2.85. The molecule has 1 N–H and O–H groups in total. The number of carbonyl (C=O) groups excluding carboxylic acids is 3. The van der Waals surface area contributed by atoms with E-state index >= 15 is 0 Å². The van der Waals surface area contributed by atoms with Crippen LogP contribution in [-0.4, -0.2) is 42.6 Å². The van der Waals surface area contributed by atoms with Gasteiger partial charge in [0.15, 0.2) is 5.78 Å². The minimum Gasteiger partial charge on any atom is -0.494 e. The first-order valence-corrected chi connectivity index (χ1v) is 11.3. The van der Waals surface area contributed by atoms with Crippen molar-refractivity contribution in [3.05, 3.63) is 90.5 Å². The highest BCUT2D eigenvalue weighted by Gasteiger charge is 2.09. The number of aliphatic hydroxyl groups is 1. The second kappa shape index (κ2) is 15.0. The van der Waals surface area contributed by atoms with Gasteiger partial charge in [0.2, 0.25) is 0 Å². The molecule has 0 aliphatic rings. The van der Waals surface area contributed by atoms with Crippen molar-refractivity contribution < 1.29 is 33.7 Å². The van der Waals surface area contributed by atoms with Crippen LogP contribution in [0.25, 0.3) is 6.08 Å². The third-order valence-electron chi connectivity index (χ3n) is 4.85. The molecule has 0 radical (unpaired) electrons. The van der Waals surface area contributed by atoms with Crippen LogP contribution < -0.4 is 9.47 Å². The van der Waals surface area contributed by atoms with E-state index in [1.54, 1.807) is 18.2 Å². The van der Waals surface area contributed by atoms with Gasteiger partial charge in [-0.2, -0.15) is 0 Å². The summed E-state index contributed by atoms with van der Waals surface area (Å²) in [5, 5.41) is 8.90. The summed E-state index contributed by atoms with van der Waals surface area (Å²) in [5.41, 5.74) is 1.25. The monoisotopic (exact) mass is 478 g/mol. The Bertz CT molecular complexity index is 1030.